The van der Waals surface area contributed by atoms with E-state index in [4.69, 9.17) is 20.6 Å². The molecule has 0 aromatic heterocycles. The van der Waals surface area contributed by atoms with Crippen LogP contribution in [0.3, 0.4) is 0 Å². The lowest BCUT2D eigenvalue weighted by molar-refractivity contribution is 0.171. The molecule has 3 N–H and O–H groups in total. The van der Waals surface area contributed by atoms with Crippen LogP contribution in [0.2, 0.25) is 0 Å². The summed E-state index contributed by atoms with van der Waals surface area (Å²) < 4.78 is 10.7. The largest absolute Gasteiger partial charge is 0.486 e. The van der Waals surface area contributed by atoms with Gasteiger partial charge in [0.05, 0.1) is 0 Å². The summed E-state index contributed by atoms with van der Waals surface area (Å²) in [5, 5.41) is 7.23. The standard InChI is InChI=1S/C9H10N2O2.ClH/c10-9(11)6-1-2-7-8(5-6)13-4-3-12-7;/h1-2,5H,3-4H2,(H3,10,11);1H. The van der Waals surface area contributed by atoms with Gasteiger partial charge in [0.15, 0.2) is 11.5 Å². The first-order valence-electron chi connectivity index (χ1n) is 4.01. The fourth-order valence-electron chi connectivity index (χ4n) is 1.21. The molecule has 1 heterocycles. The molecule has 0 saturated carbocycles. The van der Waals surface area contributed by atoms with E-state index in [0.29, 0.717) is 24.5 Å². The molecule has 0 atom stereocenters. The first kappa shape index (κ1) is 10.7. The number of amidine groups is 1. The molecule has 0 spiro atoms. The highest BCUT2D eigenvalue weighted by atomic mass is 35.5. The molecule has 1 aromatic carbocycles. The molecule has 76 valence electrons. The van der Waals surface area contributed by atoms with Crippen LogP contribution in [0.25, 0.3) is 0 Å². The zero-order chi connectivity index (χ0) is 9.26. The summed E-state index contributed by atoms with van der Waals surface area (Å²) >= 11 is 0. The van der Waals surface area contributed by atoms with Gasteiger partial charge in [-0.1, -0.05) is 0 Å². The Balaban J connectivity index is 0.000000980. The maximum atomic E-state index is 7.23. The van der Waals surface area contributed by atoms with Crippen LogP contribution < -0.4 is 15.2 Å². The van der Waals surface area contributed by atoms with Crippen LogP contribution in [0.15, 0.2) is 18.2 Å². The minimum atomic E-state index is 0. The highest BCUT2D eigenvalue weighted by Crippen LogP contribution is 2.30. The van der Waals surface area contributed by atoms with Gasteiger partial charge in [-0.15, -0.1) is 12.4 Å². The lowest BCUT2D eigenvalue weighted by Gasteiger charge is -2.18. The number of nitrogens with two attached hydrogens (primary N) is 1. The molecule has 1 aliphatic heterocycles. The number of nitrogens with one attached hydrogen (secondary N) is 1. The van der Waals surface area contributed by atoms with Crippen molar-refractivity contribution < 1.29 is 9.47 Å². The Hall–Kier alpha value is -1.42. The first-order valence-corrected chi connectivity index (χ1v) is 4.01. The van der Waals surface area contributed by atoms with E-state index in [2.05, 4.69) is 0 Å². The van der Waals surface area contributed by atoms with E-state index in [-0.39, 0.29) is 18.2 Å². The van der Waals surface area contributed by atoms with Gasteiger partial charge >= 0.3 is 0 Å². The summed E-state index contributed by atoms with van der Waals surface area (Å²) in [6.45, 7) is 1.13. The zero-order valence-electron chi connectivity index (χ0n) is 7.45. The van der Waals surface area contributed by atoms with Gasteiger partial charge in [-0.05, 0) is 18.2 Å². The summed E-state index contributed by atoms with van der Waals surface area (Å²) in [6.07, 6.45) is 0. The predicted molar refractivity (Wildman–Crippen MR) is 55.7 cm³/mol. The number of ether oxygens (including phenoxy) is 2. The lowest BCUT2D eigenvalue weighted by atomic mass is 10.2. The maximum absolute atomic E-state index is 7.23. The Bertz CT molecular complexity index is 355. The van der Waals surface area contributed by atoms with E-state index in [1.807, 2.05) is 0 Å². The molecule has 0 saturated heterocycles. The number of hydrogen-bond donors (Lipinski definition) is 2. The van der Waals surface area contributed by atoms with Crippen LogP contribution in [0.1, 0.15) is 5.56 Å². The quantitative estimate of drug-likeness (QED) is 0.545. The molecular weight excluding hydrogens is 204 g/mol. The number of hydrogen-bond acceptors (Lipinski definition) is 3. The van der Waals surface area contributed by atoms with Crippen LogP contribution in [0.5, 0.6) is 11.5 Å². The topological polar surface area (TPSA) is 68.3 Å². The van der Waals surface area contributed by atoms with Crippen LogP contribution in [-0.4, -0.2) is 19.0 Å². The van der Waals surface area contributed by atoms with Crippen LogP contribution >= 0.6 is 12.4 Å². The molecule has 2 rings (SSSR count). The number of benzene rings is 1. The summed E-state index contributed by atoms with van der Waals surface area (Å²) in [5.74, 6) is 1.42. The molecule has 0 amide bonds. The Morgan fingerprint density at radius 2 is 1.86 bits per heavy atom. The van der Waals surface area contributed by atoms with Crippen molar-refractivity contribution in [1.82, 2.24) is 0 Å². The molecule has 0 bridgehead atoms. The third-order valence-electron chi connectivity index (χ3n) is 1.85. The average Bonchev–Trinajstić information content (AvgIpc) is 2.17. The van der Waals surface area contributed by atoms with Gasteiger partial charge in [0.25, 0.3) is 0 Å². The number of fused-ring (bicyclic) bond motifs is 1. The molecular formula is C9H11ClN2O2. The fraction of sp³-hybridized carbons (Fsp3) is 0.222. The second-order valence-corrected chi connectivity index (χ2v) is 2.77. The Kier molecular flexibility index (Phi) is 3.19. The van der Waals surface area contributed by atoms with E-state index in [9.17, 15) is 0 Å². The first-order chi connectivity index (χ1) is 6.27. The van der Waals surface area contributed by atoms with Crippen molar-refractivity contribution in [2.75, 3.05) is 13.2 Å². The third-order valence-corrected chi connectivity index (χ3v) is 1.85. The SMILES string of the molecule is Cl.N=C(N)c1ccc2c(c1)OCCO2. The van der Waals surface area contributed by atoms with Gasteiger partial charge < -0.3 is 15.2 Å². The van der Waals surface area contributed by atoms with Crippen LogP contribution in [-0.2, 0) is 0 Å². The third kappa shape index (κ3) is 1.90. The summed E-state index contributed by atoms with van der Waals surface area (Å²) in [4.78, 5) is 0. The van der Waals surface area contributed by atoms with E-state index in [1.54, 1.807) is 18.2 Å². The van der Waals surface area contributed by atoms with E-state index < -0.39 is 0 Å². The van der Waals surface area contributed by atoms with Crippen molar-refractivity contribution in [1.29, 1.82) is 5.41 Å². The smallest absolute Gasteiger partial charge is 0.162 e. The van der Waals surface area contributed by atoms with Crippen molar-refractivity contribution in [3.63, 3.8) is 0 Å². The van der Waals surface area contributed by atoms with E-state index in [0.717, 1.165) is 5.75 Å². The Morgan fingerprint density at radius 3 is 2.50 bits per heavy atom. The maximum Gasteiger partial charge on any atom is 0.162 e. The molecule has 5 heteroatoms. The number of nitrogen functional groups attached to an aromatic ring is 1. The van der Waals surface area contributed by atoms with Crippen molar-refractivity contribution in [3.05, 3.63) is 23.8 Å². The minimum Gasteiger partial charge on any atom is -0.486 e. The van der Waals surface area contributed by atoms with Crippen molar-refractivity contribution in [2.45, 2.75) is 0 Å². The van der Waals surface area contributed by atoms with E-state index in [1.165, 1.54) is 0 Å². The molecule has 0 unspecified atom stereocenters. The molecule has 4 nitrogen and oxygen atoms in total. The fourth-order valence-corrected chi connectivity index (χ4v) is 1.21. The van der Waals surface area contributed by atoms with Gasteiger partial charge in [-0.2, -0.15) is 0 Å². The van der Waals surface area contributed by atoms with Gasteiger partial charge in [0.2, 0.25) is 0 Å². The van der Waals surface area contributed by atoms with Gasteiger partial charge in [0, 0.05) is 5.56 Å². The normalized spacial score (nSPS) is 12.9. The zero-order valence-corrected chi connectivity index (χ0v) is 8.26. The number of halogens is 1. The molecule has 0 aliphatic carbocycles. The Morgan fingerprint density at radius 1 is 1.21 bits per heavy atom. The molecule has 1 aliphatic rings. The summed E-state index contributed by atoms with van der Waals surface area (Å²) in [5.41, 5.74) is 5.99. The van der Waals surface area contributed by atoms with Crippen LogP contribution in [0, 0.1) is 5.41 Å². The van der Waals surface area contributed by atoms with Crippen LogP contribution in [0.4, 0.5) is 0 Å². The average molecular weight is 215 g/mol. The Labute approximate surface area is 87.9 Å². The molecule has 0 radical (unpaired) electrons. The molecule has 0 fully saturated rings. The summed E-state index contributed by atoms with van der Waals surface area (Å²) in [6, 6.07) is 5.23. The van der Waals surface area contributed by atoms with E-state index >= 15 is 0 Å². The monoisotopic (exact) mass is 214 g/mol. The summed E-state index contributed by atoms with van der Waals surface area (Å²) in [7, 11) is 0. The van der Waals surface area contributed by atoms with Gasteiger partial charge in [-0.3, -0.25) is 5.41 Å². The lowest BCUT2D eigenvalue weighted by Crippen LogP contribution is -2.17. The molecule has 1 aromatic rings. The predicted octanol–water partition coefficient (Wildman–Crippen LogP) is 1.16. The minimum absolute atomic E-state index is 0. The molecule has 14 heavy (non-hydrogen) atoms. The van der Waals surface area contributed by atoms with Crippen molar-refractivity contribution in [3.8, 4) is 11.5 Å². The van der Waals surface area contributed by atoms with Crippen molar-refractivity contribution >= 4 is 18.2 Å². The second-order valence-electron chi connectivity index (χ2n) is 2.77. The van der Waals surface area contributed by atoms with Gasteiger partial charge in [-0.25, -0.2) is 0 Å². The van der Waals surface area contributed by atoms with Crippen molar-refractivity contribution in [2.24, 2.45) is 5.73 Å². The highest BCUT2D eigenvalue weighted by molar-refractivity contribution is 5.95. The number of rotatable bonds is 1. The second kappa shape index (κ2) is 4.19. The van der Waals surface area contributed by atoms with Gasteiger partial charge in [0.1, 0.15) is 19.0 Å². The highest BCUT2D eigenvalue weighted by Gasteiger charge is 2.11.